The average Bonchev–Trinajstić information content (AvgIpc) is 3.00. The average molecular weight is 548 g/mol. The number of hydrogen-bond donors (Lipinski definition) is 1. The molecule has 1 N–H and O–H groups in total. The number of aromatic nitrogens is 2. The number of nitrogens with zero attached hydrogens (tertiary/aromatic N) is 4. The summed E-state index contributed by atoms with van der Waals surface area (Å²) in [5.74, 6) is 7.64. The van der Waals surface area contributed by atoms with E-state index in [1.54, 1.807) is 0 Å². The molecule has 1 aliphatic rings. The number of rotatable bonds is 8. The van der Waals surface area contributed by atoms with Crippen LogP contribution in [0.25, 0.3) is 10.9 Å². The first-order valence-corrected chi connectivity index (χ1v) is 14.2. The molecule has 1 aromatic heterocycles. The number of piperazine rings is 1. The predicted octanol–water partition coefficient (Wildman–Crippen LogP) is 4.96. The van der Waals surface area contributed by atoms with Gasteiger partial charge in [-0.15, -0.1) is 0 Å². The highest BCUT2D eigenvalue weighted by Gasteiger charge is 2.25. The third-order valence-electron chi connectivity index (χ3n) is 7.38. The summed E-state index contributed by atoms with van der Waals surface area (Å²) in [7, 11) is 1.42. The van der Waals surface area contributed by atoms with E-state index in [1.165, 1.54) is 12.7 Å². The van der Waals surface area contributed by atoms with E-state index in [0.717, 1.165) is 60.6 Å². The number of esters is 1. The van der Waals surface area contributed by atoms with Gasteiger partial charge in [-0.3, -0.25) is 9.80 Å². The van der Waals surface area contributed by atoms with E-state index in [9.17, 15) is 4.79 Å². The molecule has 0 spiro atoms. The second kappa shape index (κ2) is 13.4. The maximum absolute atomic E-state index is 12.4. The molecule has 210 valence electrons. The van der Waals surface area contributed by atoms with E-state index in [4.69, 9.17) is 14.7 Å². The van der Waals surface area contributed by atoms with Crippen LogP contribution in [0.4, 0.5) is 5.82 Å². The molecule has 0 bridgehead atoms. The van der Waals surface area contributed by atoms with Crippen molar-refractivity contribution in [1.82, 2.24) is 19.8 Å². The lowest BCUT2D eigenvalue weighted by atomic mass is 10.0. The number of ether oxygens (including phenoxy) is 1. The Kier molecular flexibility index (Phi) is 9.25. The number of benzene rings is 3. The van der Waals surface area contributed by atoms with Crippen molar-refractivity contribution in [2.24, 2.45) is 5.92 Å². The largest absolute Gasteiger partial charge is 0.467 e. The van der Waals surface area contributed by atoms with Crippen LogP contribution < -0.4 is 5.32 Å². The maximum Gasteiger partial charge on any atom is 0.328 e. The zero-order chi connectivity index (χ0) is 28.6. The first-order chi connectivity index (χ1) is 20.0. The van der Waals surface area contributed by atoms with E-state index >= 15 is 0 Å². The van der Waals surface area contributed by atoms with Crippen LogP contribution in [-0.2, 0) is 22.6 Å². The number of fused-ring (bicyclic) bond motifs is 1. The smallest absolute Gasteiger partial charge is 0.328 e. The predicted molar refractivity (Wildman–Crippen MR) is 163 cm³/mol. The van der Waals surface area contributed by atoms with Crippen LogP contribution in [0.2, 0.25) is 0 Å². The minimum absolute atomic E-state index is 0.0473. The fourth-order valence-corrected chi connectivity index (χ4v) is 5.00. The third kappa shape index (κ3) is 7.49. The van der Waals surface area contributed by atoms with E-state index in [-0.39, 0.29) is 11.9 Å². The van der Waals surface area contributed by atoms with Gasteiger partial charge in [-0.25, -0.2) is 14.8 Å². The molecule has 4 aromatic rings. The van der Waals surface area contributed by atoms with Gasteiger partial charge in [-0.2, -0.15) is 0 Å². The van der Waals surface area contributed by atoms with Gasteiger partial charge in [0.2, 0.25) is 0 Å². The van der Waals surface area contributed by atoms with Crippen molar-refractivity contribution in [3.63, 3.8) is 0 Å². The van der Waals surface area contributed by atoms with Crippen LogP contribution >= 0.6 is 0 Å². The zero-order valence-electron chi connectivity index (χ0n) is 24.0. The minimum atomic E-state index is -0.486. The standard InChI is InChI=1S/C34H37N5O2/c1-25(2)32(34(40)41-3)37-33-29-11-7-8-12-30(29)35-31(36-33)24-39-21-19-38(20-22-39)23-28-17-15-27(16-18-28)14-13-26-9-5-4-6-10-26/h4-12,15-18,25,32H,19-24H2,1-3H3,(H,35,36,37)/t32-/m0/s1. The minimum Gasteiger partial charge on any atom is -0.467 e. The molecule has 1 fully saturated rings. The molecule has 2 heterocycles. The topological polar surface area (TPSA) is 70.6 Å². The number of methoxy groups -OCH3 is 1. The van der Waals surface area contributed by atoms with E-state index < -0.39 is 6.04 Å². The third-order valence-corrected chi connectivity index (χ3v) is 7.38. The summed E-state index contributed by atoms with van der Waals surface area (Å²) in [4.78, 5) is 27.0. The lowest BCUT2D eigenvalue weighted by Gasteiger charge is -2.34. The number of nitrogens with one attached hydrogen (secondary N) is 1. The van der Waals surface area contributed by atoms with Gasteiger partial charge in [0.25, 0.3) is 0 Å². The summed E-state index contributed by atoms with van der Waals surface area (Å²) >= 11 is 0. The molecule has 41 heavy (non-hydrogen) atoms. The highest BCUT2D eigenvalue weighted by molar-refractivity contribution is 5.91. The van der Waals surface area contributed by atoms with Gasteiger partial charge >= 0.3 is 5.97 Å². The summed E-state index contributed by atoms with van der Waals surface area (Å²) in [5.41, 5.74) is 4.21. The molecule has 0 amide bonds. The molecule has 7 nitrogen and oxygen atoms in total. The second-order valence-corrected chi connectivity index (χ2v) is 10.8. The lowest BCUT2D eigenvalue weighted by molar-refractivity contribution is -0.142. The Balaban J connectivity index is 1.19. The van der Waals surface area contributed by atoms with Crippen LogP contribution in [0, 0.1) is 17.8 Å². The molecule has 5 rings (SSSR count). The summed E-state index contributed by atoms with van der Waals surface area (Å²) in [6.07, 6.45) is 0. The van der Waals surface area contributed by atoms with Crippen LogP contribution in [-0.4, -0.2) is 65.1 Å². The van der Waals surface area contributed by atoms with Crippen molar-refractivity contribution in [1.29, 1.82) is 0 Å². The first-order valence-electron chi connectivity index (χ1n) is 14.2. The normalized spacial score (nSPS) is 14.8. The Bertz CT molecular complexity index is 1520. The van der Waals surface area contributed by atoms with Crippen LogP contribution in [0.15, 0.2) is 78.9 Å². The monoisotopic (exact) mass is 547 g/mol. The van der Waals surface area contributed by atoms with Crippen LogP contribution in [0.5, 0.6) is 0 Å². The molecule has 7 heteroatoms. The zero-order valence-corrected chi connectivity index (χ0v) is 24.0. The highest BCUT2D eigenvalue weighted by Crippen LogP contribution is 2.23. The fraction of sp³-hybridized carbons (Fsp3) is 0.324. The van der Waals surface area contributed by atoms with Crippen molar-refractivity contribution in [3.05, 3.63) is 101 Å². The van der Waals surface area contributed by atoms with Gasteiger partial charge in [0, 0.05) is 49.2 Å². The van der Waals surface area contributed by atoms with Gasteiger partial charge < -0.3 is 10.1 Å². The quantitative estimate of drug-likeness (QED) is 0.247. The van der Waals surface area contributed by atoms with Crippen molar-refractivity contribution in [2.45, 2.75) is 33.0 Å². The summed E-state index contributed by atoms with van der Waals surface area (Å²) in [6, 6.07) is 26.1. The van der Waals surface area contributed by atoms with E-state index in [1.807, 2.05) is 68.4 Å². The Morgan fingerprint density at radius 3 is 2.10 bits per heavy atom. The molecule has 3 aromatic carbocycles. The fourth-order valence-electron chi connectivity index (χ4n) is 5.00. The van der Waals surface area contributed by atoms with E-state index in [0.29, 0.717) is 12.4 Å². The van der Waals surface area contributed by atoms with Crippen LogP contribution in [0.3, 0.4) is 0 Å². The summed E-state index contributed by atoms with van der Waals surface area (Å²) in [5, 5.41) is 4.24. The van der Waals surface area contributed by atoms with E-state index in [2.05, 4.69) is 51.2 Å². The SMILES string of the molecule is COC(=O)[C@@H](Nc1nc(CN2CCN(Cc3ccc(C#Cc4ccccc4)cc3)CC2)nc2ccccc12)C(C)C. The highest BCUT2D eigenvalue weighted by atomic mass is 16.5. The molecule has 0 saturated carbocycles. The molecule has 0 radical (unpaired) electrons. The van der Waals surface area contributed by atoms with Gasteiger partial charge in [0.15, 0.2) is 0 Å². The molecule has 1 aliphatic heterocycles. The number of carbonyl (C=O) groups excluding carboxylic acids is 1. The number of hydrogen-bond acceptors (Lipinski definition) is 7. The van der Waals surface area contributed by atoms with Gasteiger partial charge in [-0.05, 0) is 47.9 Å². The molecule has 1 atom stereocenters. The maximum atomic E-state index is 12.4. The molecular weight excluding hydrogens is 510 g/mol. The van der Waals surface area contributed by atoms with Crippen molar-refractivity contribution < 1.29 is 9.53 Å². The Hall–Kier alpha value is -4.25. The number of para-hydroxylation sites is 1. The summed E-state index contributed by atoms with van der Waals surface area (Å²) < 4.78 is 5.03. The van der Waals surface area contributed by atoms with Crippen LogP contribution in [0.1, 0.15) is 36.4 Å². The molecule has 1 saturated heterocycles. The van der Waals surface area contributed by atoms with Crippen molar-refractivity contribution in [3.8, 4) is 11.8 Å². The molecule has 0 aliphatic carbocycles. The molecule has 0 unspecified atom stereocenters. The first kappa shape index (κ1) is 28.3. The van der Waals surface area contributed by atoms with Gasteiger partial charge in [0.05, 0.1) is 19.2 Å². The van der Waals surface area contributed by atoms with Crippen molar-refractivity contribution in [2.75, 3.05) is 38.6 Å². The Morgan fingerprint density at radius 2 is 1.44 bits per heavy atom. The second-order valence-electron chi connectivity index (χ2n) is 10.8. The van der Waals surface area contributed by atoms with Gasteiger partial charge in [0.1, 0.15) is 17.7 Å². The molecular formula is C34H37N5O2. The lowest BCUT2D eigenvalue weighted by Crippen LogP contribution is -2.45. The number of anilines is 1. The van der Waals surface area contributed by atoms with Crippen molar-refractivity contribution >= 4 is 22.7 Å². The number of carbonyl (C=O) groups is 1. The summed E-state index contributed by atoms with van der Waals surface area (Å²) in [6.45, 7) is 9.40. The van der Waals surface area contributed by atoms with Gasteiger partial charge in [-0.1, -0.05) is 68.2 Å². The Morgan fingerprint density at radius 1 is 0.829 bits per heavy atom. The Labute approximate surface area is 242 Å².